The molecule has 0 unspecified atom stereocenters. The molecule has 2 heterocycles. The van der Waals surface area contributed by atoms with Crippen LogP contribution >= 0.6 is 0 Å². The summed E-state index contributed by atoms with van der Waals surface area (Å²) in [5, 5.41) is 8.42. The van der Waals surface area contributed by atoms with Crippen LogP contribution in [-0.2, 0) is 5.41 Å². The van der Waals surface area contributed by atoms with E-state index in [1.807, 2.05) is 13.1 Å². The molecule has 0 radical (unpaired) electrons. The van der Waals surface area contributed by atoms with Crippen LogP contribution in [0.4, 0.5) is 0 Å². The van der Waals surface area contributed by atoms with Gasteiger partial charge in [-0.1, -0.05) is 20.8 Å². The summed E-state index contributed by atoms with van der Waals surface area (Å²) in [7, 11) is 0. The van der Waals surface area contributed by atoms with E-state index in [0.717, 1.165) is 16.7 Å². The molecule has 2 aromatic heterocycles. The van der Waals surface area contributed by atoms with Crippen LogP contribution in [0.15, 0.2) is 12.3 Å². The van der Waals surface area contributed by atoms with Gasteiger partial charge in [-0.2, -0.15) is 5.10 Å². The lowest BCUT2D eigenvalue weighted by Crippen LogP contribution is -2.12. The van der Waals surface area contributed by atoms with Crippen molar-refractivity contribution in [2.45, 2.75) is 33.1 Å². The summed E-state index contributed by atoms with van der Waals surface area (Å²) in [6.45, 7) is 8.52. The number of hydrogen-bond acceptors (Lipinski definition) is 2. The van der Waals surface area contributed by atoms with Crippen molar-refractivity contribution in [3.63, 3.8) is 0 Å². The van der Waals surface area contributed by atoms with Crippen molar-refractivity contribution in [2.75, 3.05) is 0 Å². The van der Waals surface area contributed by atoms with E-state index in [4.69, 9.17) is 0 Å². The van der Waals surface area contributed by atoms with Crippen molar-refractivity contribution in [3.8, 4) is 0 Å². The van der Waals surface area contributed by atoms with Gasteiger partial charge < -0.3 is 0 Å². The van der Waals surface area contributed by atoms with Crippen LogP contribution in [0, 0.1) is 6.92 Å². The van der Waals surface area contributed by atoms with Gasteiger partial charge in [0.1, 0.15) is 0 Å². The van der Waals surface area contributed by atoms with E-state index in [0.29, 0.717) is 0 Å². The number of fused-ring (bicyclic) bond motifs is 1. The summed E-state index contributed by atoms with van der Waals surface area (Å²) in [5.41, 5.74) is 3.20. The number of aryl methyl sites for hydroxylation is 1. The molecular weight excluding hydrogens is 174 g/mol. The fourth-order valence-electron chi connectivity index (χ4n) is 1.58. The van der Waals surface area contributed by atoms with Gasteiger partial charge in [0.05, 0.1) is 5.69 Å². The third-order valence-electron chi connectivity index (χ3n) is 2.26. The van der Waals surface area contributed by atoms with Crippen molar-refractivity contribution < 1.29 is 0 Å². The summed E-state index contributed by atoms with van der Waals surface area (Å²) >= 11 is 0. The molecule has 3 nitrogen and oxygen atoms in total. The second kappa shape index (κ2) is 2.80. The molecule has 3 heteroatoms. The van der Waals surface area contributed by atoms with E-state index >= 15 is 0 Å². The smallest absolute Gasteiger partial charge is 0.155 e. The van der Waals surface area contributed by atoms with Crippen LogP contribution in [0.3, 0.4) is 0 Å². The molecular formula is C11H15N3. The Balaban J connectivity index is 2.73. The summed E-state index contributed by atoms with van der Waals surface area (Å²) in [5.74, 6) is 0. The highest BCUT2D eigenvalue weighted by Crippen LogP contribution is 2.26. The van der Waals surface area contributed by atoms with Crippen LogP contribution < -0.4 is 0 Å². The first-order valence-electron chi connectivity index (χ1n) is 4.80. The Kier molecular flexibility index (Phi) is 1.84. The molecule has 0 aliphatic rings. The van der Waals surface area contributed by atoms with Crippen LogP contribution in [0.5, 0.6) is 0 Å². The molecule has 0 aliphatic heterocycles. The number of aromatic amines is 1. The van der Waals surface area contributed by atoms with Crippen molar-refractivity contribution in [3.05, 3.63) is 23.5 Å². The van der Waals surface area contributed by atoms with Crippen LogP contribution in [0.2, 0.25) is 0 Å². The first-order chi connectivity index (χ1) is 6.48. The number of aromatic nitrogens is 3. The molecule has 0 amide bonds. The van der Waals surface area contributed by atoms with Crippen LogP contribution in [0.1, 0.15) is 32.0 Å². The third kappa shape index (κ3) is 1.39. The molecule has 0 saturated carbocycles. The fraction of sp³-hybridized carbons (Fsp3) is 0.455. The van der Waals surface area contributed by atoms with E-state index in [1.165, 1.54) is 5.56 Å². The Hall–Kier alpha value is -1.38. The Morgan fingerprint density at radius 3 is 2.64 bits per heavy atom. The lowest BCUT2D eigenvalue weighted by molar-refractivity contribution is 0.571. The standard InChI is InChI=1S/C11H15N3/c1-7-5-8-9(11(2,3)4)13-14-10(8)12-6-7/h5-6H,1-4H3,(H,12,13,14). The first kappa shape index (κ1) is 9.19. The third-order valence-corrected chi connectivity index (χ3v) is 2.26. The minimum absolute atomic E-state index is 0.0632. The molecule has 0 bridgehead atoms. The highest BCUT2D eigenvalue weighted by Gasteiger charge is 2.20. The Bertz CT molecular complexity index is 463. The normalized spacial score (nSPS) is 12.3. The van der Waals surface area contributed by atoms with Gasteiger partial charge in [-0.3, -0.25) is 5.10 Å². The average molecular weight is 189 g/mol. The van der Waals surface area contributed by atoms with Crippen LogP contribution in [0.25, 0.3) is 11.0 Å². The minimum atomic E-state index is 0.0632. The number of hydrogen-bond donors (Lipinski definition) is 1. The molecule has 2 rings (SSSR count). The lowest BCUT2D eigenvalue weighted by Gasteiger charge is -2.15. The van der Waals surface area contributed by atoms with Crippen molar-refractivity contribution in [2.24, 2.45) is 0 Å². The zero-order chi connectivity index (χ0) is 10.3. The molecule has 2 aromatic rings. The van der Waals surface area contributed by atoms with E-state index in [9.17, 15) is 0 Å². The second-order valence-electron chi connectivity index (χ2n) is 4.73. The van der Waals surface area contributed by atoms with Gasteiger partial charge in [-0.05, 0) is 18.6 Å². The van der Waals surface area contributed by atoms with Gasteiger partial charge in [0, 0.05) is 17.0 Å². The number of nitrogens with zero attached hydrogens (tertiary/aromatic N) is 2. The van der Waals surface area contributed by atoms with E-state index < -0.39 is 0 Å². The molecule has 0 fully saturated rings. The predicted molar refractivity (Wildman–Crippen MR) is 57.3 cm³/mol. The van der Waals surface area contributed by atoms with Crippen LogP contribution in [-0.4, -0.2) is 15.2 Å². The van der Waals surface area contributed by atoms with Gasteiger partial charge >= 0.3 is 0 Å². The maximum atomic E-state index is 4.32. The molecule has 0 saturated heterocycles. The monoisotopic (exact) mass is 189 g/mol. The zero-order valence-corrected chi connectivity index (χ0v) is 9.05. The fourth-order valence-corrected chi connectivity index (χ4v) is 1.58. The highest BCUT2D eigenvalue weighted by molar-refractivity contribution is 5.79. The van der Waals surface area contributed by atoms with Crippen molar-refractivity contribution >= 4 is 11.0 Å². The van der Waals surface area contributed by atoms with Gasteiger partial charge in [-0.25, -0.2) is 4.98 Å². The summed E-state index contributed by atoms with van der Waals surface area (Å²) in [6, 6.07) is 2.13. The van der Waals surface area contributed by atoms with Gasteiger partial charge in [0.15, 0.2) is 5.65 Å². The highest BCUT2D eigenvalue weighted by atomic mass is 15.2. The van der Waals surface area contributed by atoms with Gasteiger partial charge in [0.2, 0.25) is 0 Å². The number of nitrogens with one attached hydrogen (secondary N) is 1. The topological polar surface area (TPSA) is 41.6 Å². The van der Waals surface area contributed by atoms with Crippen molar-refractivity contribution in [1.82, 2.24) is 15.2 Å². The zero-order valence-electron chi connectivity index (χ0n) is 9.05. The molecule has 14 heavy (non-hydrogen) atoms. The molecule has 0 atom stereocenters. The van der Waals surface area contributed by atoms with E-state index in [-0.39, 0.29) is 5.41 Å². The lowest BCUT2D eigenvalue weighted by atomic mass is 9.90. The molecule has 74 valence electrons. The quantitative estimate of drug-likeness (QED) is 0.692. The summed E-state index contributed by atoms with van der Waals surface area (Å²) in [4.78, 5) is 4.30. The van der Waals surface area contributed by atoms with E-state index in [2.05, 4.69) is 42.0 Å². The average Bonchev–Trinajstić information content (AvgIpc) is 2.45. The Labute approximate surface area is 83.6 Å². The molecule has 0 spiro atoms. The van der Waals surface area contributed by atoms with Gasteiger partial charge in [-0.15, -0.1) is 0 Å². The molecule has 0 aliphatic carbocycles. The van der Waals surface area contributed by atoms with Crippen molar-refractivity contribution in [1.29, 1.82) is 0 Å². The first-order valence-corrected chi connectivity index (χ1v) is 4.80. The summed E-state index contributed by atoms with van der Waals surface area (Å²) in [6.07, 6.45) is 1.85. The Morgan fingerprint density at radius 1 is 1.29 bits per heavy atom. The van der Waals surface area contributed by atoms with E-state index in [1.54, 1.807) is 0 Å². The SMILES string of the molecule is Cc1cnc2[nH]nc(C(C)(C)C)c2c1. The Morgan fingerprint density at radius 2 is 2.00 bits per heavy atom. The number of H-pyrrole nitrogens is 1. The molecule has 1 N–H and O–H groups in total. The summed E-state index contributed by atoms with van der Waals surface area (Å²) < 4.78 is 0. The van der Waals surface area contributed by atoms with Gasteiger partial charge in [0.25, 0.3) is 0 Å². The minimum Gasteiger partial charge on any atom is -0.261 e. The molecule has 0 aromatic carbocycles. The predicted octanol–water partition coefficient (Wildman–Crippen LogP) is 2.56. The number of pyridine rings is 1. The largest absolute Gasteiger partial charge is 0.261 e. The second-order valence-corrected chi connectivity index (χ2v) is 4.73. The maximum absolute atomic E-state index is 4.32. The number of rotatable bonds is 0. The maximum Gasteiger partial charge on any atom is 0.155 e.